The van der Waals surface area contributed by atoms with E-state index >= 15 is 0 Å². The van der Waals surface area contributed by atoms with E-state index in [2.05, 4.69) is 18.1 Å². The lowest BCUT2D eigenvalue weighted by atomic mass is 9.90. The molecule has 1 amide bonds. The Morgan fingerprint density at radius 2 is 2.24 bits per heavy atom. The van der Waals surface area contributed by atoms with Crippen molar-refractivity contribution in [3.63, 3.8) is 0 Å². The van der Waals surface area contributed by atoms with Crippen molar-refractivity contribution in [1.82, 2.24) is 14.7 Å². The molecular formula is C18H23N3O3S. The van der Waals surface area contributed by atoms with Crippen LogP contribution < -0.4 is 5.56 Å². The zero-order chi connectivity index (χ0) is 17.6. The number of aryl methyl sites for hydroxylation is 2. The molecule has 0 aromatic carbocycles. The predicted molar refractivity (Wildman–Crippen MR) is 96.1 cm³/mol. The molecule has 1 saturated heterocycles. The van der Waals surface area contributed by atoms with Gasteiger partial charge in [-0.2, -0.15) is 0 Å². The number of fused-ring (bicyclic) bond motifs is 1. The summed E-state index contributed by atoms with van der Waals surface area (Å²) >= 11 is 1.65. The first-order valence-electron chi connectivity index (χ1n) is 8.79. The second-order valence-electron chi connectivity index (χ2n) is 7.13. The van der Waals surface area contributed by atoms with Crippen molar-refractivity contribution in [2.75, 3.05) is 19.7 Å². The number of morpholine rings is 1. The number of hydrogen-bond acceptors (Lipinski definition) is 4. The highest BCUT2D eigenvalue weighted by Crippen LogP contribution is 2.33. The number of rotatable bonds is 2. The highest BCUT2D eigenvalue weighted by molar-refractivity contribution is 7.14. The minimum Gasteiger partial charge on any atom is -0.368 e. The van der Waals surface area contributed by atoms with Gasteiger partial charge in [0, 0.05) is 24.5 Å². The largest absolute Gasteiger partial charge is 0.368 e. The van der Waals surface area contributed by atoms with Crippen molar-refractivity contribution in [1.29, 1.82) is 0 Å². The number of aromatic amines is 1. The van der Waals surface area contributed by atoms with E-state index in [9.17, 15) is 9.59 Å². The topological polar surface area (TPSA) is 67.3 Å². The Kier molecular flexibility index (Phi) is 4.29. The third kappa shape index (κ3) is 3.18. The molecule has 134 valence electrons. The molecule has 2 atom stereocenters. The smallest absolute Gasteiger partial charge is 0.266 e. The molecule has 1 N–H and O–H groups in total. The van der Waals surface area contributed by atoms with Crippen molar-refractivity contribution in [3.05, 3.63) is 43.5 Å². The fourth-order valence-corrected chi connectivity index (χ4v) is 4.84. The molecule has 7 heteroatoms. The molecule has 1 fully saturated rings. The molecule has 2 aromatic heterocycles. The lowest BCUT2D eigenvalue weighted by molar-refractivity contribution is -0.0247. The molecule has 2 aliphatic rings. The van der Waals surface area contributed by atoms with E-state index in [0.29, 0.717) is 25.6 Å². The van der Waals surface area contributed by atoms with Gasteiger partial charge in [0.1, 0.15) is 6.10 Å². The number of nitrogens with zero attached hydrogens (tertiary/aromatic N) is 2. The summed E-state index contributed by atoms with van der Waals surface area (Å²) in [5.41, 5.74) is 1.98. The van der Waals surface area contributed by atoms with Crippen LogP contribution in [0.1, 0.15) is 45.3 Å². The van der Waals surface area contributed by atoms with Gasteiger partial charge in [-0.3, -0.25) is 19.4 Å². The third-order valence-electron chi connectivity index (χ3n) is 5.15. The molecule has 1 aliphatic carbocycles. The van der Waals surface area contributed by atoms with E-state index in [1.807, 2.05) is 4.90 Å². The molecule has 2 aromatic rings. The number of aromatic nitrogens is 2. The summed E-state index contributed by atoms with van der Waals surface area (Å²) in [7, 11) is 1.68. The molecule has 1 aliphatic heterocycles. The van der Waals surface area contributed by atoms with E-state index in [-0.39, 0.29) is 17.6 Å². The summed E-state index contributed by atoms with van der Waals surface area (Å²) in [6, 6.07) is 3.64. The van der Waals surface area contributed by atoms with Gasteiger partial charge in [-0.1, -0.05) is 6.92 Å². The molecule has 0 bridgehead atoms. The number of H-pyrrole nitrogens is 1. The van der Waals surface area contributed by atoms with Gasteiger partial charge in [0.2, 0.25) is 0 Å². The number of ether oxygens (including phenoxy) is 1. The summed E-state index contributed by atoms with van der Waals surface area (Å²) in [6.45, 7) is 3.81. The predicted octanol–water partition coefficient (Wildman–Crippen LogP) is 2.11. The van der Waals surface area contributed by atoms with E-state index < -0.39 is 0 Å². The maximum atomic E-state index is 13.0. The van der Waals surface area contributed by atoms with Gasteiger partial charge in [-0.25, -0.2) is 0 Å². The Morgan fingerprint density at radius 1 is 1.40 bits per heavy atom. The van der Waals surface area contributed by atoms with Gasteiger partial charge in [0.05, 0.1) is 23.7 Å². The fraction of sp³-hybridized carbons (Fsp3) is 0.556. The molecule has 0 saturated carbocycles. The summed E-state index contributed by atoms with van der Waals surface area (Å²) in [5, 5.41) is 3.00. The number of nitrogens with one attached hydrogen (secondary N) is 1. The van der Waals surface area contributed by atoms with Gasteiger partial charge in [0.15, 0.2) is 0 Å². The number of hydrogen-bond donors (Lipinski definition) is 1. The van der Waals surface area contributed by atoms with Crippen LogP contribution in [0.25, 0.3) is 0 Å². The fourth-order valence-electron chi connectivity index (χ4n) is 3.66. The van der Waals surface area contributed by atoms with Crippen molar-refractivity contribution >= 4 is 17.2 Å². The monoisotopic (exact) mass is 361 g/mol. The molecule has 0 radical (unpaired) electrons. The van der Waals surface area contributed by atoms with Crippen LogP contribution >= 0.6 is 11.3 Å². The van der Waals surface area contributed by atoms with Gasteiger partial charge in [-0.15, -0.1) is 11.3 Å². The summed E-state index contributed by atoms with van der Waals surface area (Å²) < 4.78 is 7.19. The Hall–Kier alpha value is -1.86. The van der Waals surface area contributed by atoms with E-state index in [0.717, 1.165) is 23.4 Å². The zero-order valence-electron chi connectivity index (χ0n) is 14.6. The second-order valence-corrected chi connectivity index (χ2v) is 8.26. The molecule has 3 heterocycles. The minimum absolute atomic E-state index is 0.0821. The van der Waals surface area contributed by atoms with Gasteiger partial charge in [-0.05, 0) is 36.8 Å². The van der Waals surface area contributed by atoms with E-state index in [1.165, 1.54) is 21.5 Å². The molecule has 6 nitrogen and oxygen atoms in total. The SMILES string of the molecule is CC1CCc2sc(C(=O)N3CCOC(c4cc(=O)n(C)[nH]4)C3)cc2C1. The van der Waals surface area contributed by atoms with Crippen LogP contribution in [0.4, 0.5) is 0 Å². The van der Waals surface area contributed by atoms with Crippen molar-refractivity contribution in [2.45, 2.75) is 32.3 Å². The molecule has 25 heavy (non-hydrogen) atoms. The number of thiophene rings is 1. The van der Waals surface area contributed by atoms with E-state index in [1.54, 1.807) is 24.5 Å². The highest BCUT2D eigenvalue weighted by atomic mass is 32.1. The molecule has 2 unspecified atom stereocenters. The van der Waals surface area contributed by atoms with Crippen LogP contribution in [0.15, 0.2) is 16.9 Å². The summed E-state index contributed by atoms with van der Waals surface area (Å²) in [6.07, 6.45) is 3.10. The molecular weight excluding hydrogens is 338 g/mol. The maximum Gasteiger partial charge on any atom is 0.266 e. The Balaban J connectivity index is 1.51. The first-order valence-corrected chi connectivity index (χ1v) is 9.61. The van der Waals surface area contributed by atoms with E-state index in [4.69, 9.17) is 4.74 Å². The van der Waals surface area contributed by atoms with Crippen LogP contribution in [0.2, 0.25) is 0 Å². The lowest BCUT2D eigenvalue weighted by Gasteiger charge is -2.32. The van der Waals surface area contributed by atoms with Crippen LogP contribution in [0.3, 0.4) is 0 Å². The van der Waals surface area contributed by atoms with Crippen LogP contribution in [-0.2, 0) is 24.6 Å². The Labute approximate surface area is 150 Å². The number of amides is 1. The standard InChI is InChI=1S/C18H23N3O3S/c1-11-3-4-15-12(7-11)8-16(25-15)18(23)21-5-6-24-14(10-21)13-9-17(22)20(2)19-13/h8-9,11,14,19H,3-7,10H2,1-2H3. The second kappa shape index (κ2) is 6.46. The minimum atomic E-state index is -0.277. The molecule has 0 spiro atoms. The number of carbonyl (C=O) groups is 1. The average Bonchev–Trinajstić information content (AvgIpc) is 3.17. The maximum absolute atomic E-state index is 13.0. The molecule has 4 rings (SSSR count). The van der Waals surface area contributed by atoms with Crippen LogP contribution in [0.5, 0.6) is 0 Å². The lowest BCUT2D eigenvalue weighted by Crippen LogP contribution is -2.42. The third-order valence-corrected chi connectivity index (χ3v) is 6.37. The summed E-state index contributed by atoms with van der Waals surface area (Å²) in [5.74, 6) is 0.784. The van der Waals surface area contributed by atoms with Crippen LogP contribution in [-0.4, -0.2) is 40.3 Å². The van der Waals surface area contributed by atoms with Crippen LogP contribution in [0, 0.1) is 5.92 Å². The Morgan fingerprint density at radius 3 is 3.00 bits per heavy atom. The van der Waals surface area contributed by atoms with Crippen molar-refractivity contribution in [2.24, 2.45) is 13.0 Å². The highest BCUT2D eigenvalue weighted by Gasteiger charge is 2.29. The quantitative estimate of drug-likeness (QED) is 0.891. The zero-order valence-corrected chi connectivity index (χ0v) is 15.4. The van der Waals surface area contributed by atoms with Gasteiger partial charge in [0.25, 0.3) is 11.5 Å². The first kappa shape index (κ1) is 16.6. The summed E-state index contributed by atoms with van der Waals surface area (Å²) in [4.78, 5) is 28.7. The average molecular weight is 361 g/mol. The van der Waals surface area contributed by atoms with Gasteiger partial charge < -0.3 is 9.64 Å². The first-order chi connectivity index (χ1) is 12.0. The van der Waals surface area contributed by atoms with Crippen molar-refractivity contribution < 1.29 is 9.53 Å². The normalized spacial score (nSPS) is 23.5. The van der Waals surface area contributed by atoms with Gasteiger partial charge >= 0.3 is 0 Å². The number of carbonyl (C=O) groups excluding carboxylic acids is 1. The van der Waals surface area contributed by atoms with Crippen molar-refractivity contribution in [3.8, 4) is 0 Å². The Bertz CT molecular complexity index is 850.